The molecule has 27 heavy (non-hydrogen) atoms. The third-order valence-electron chi connectivity index (χ3n) is 4.95. The van der Waals surface area contributed by atoms with Crippen molar-refractivity contribution in [2.75, 3.05) is 33.2 Å². The number of amides is 2. The Bertz CT molecular complexity index is 786. The molecule has 0 bridgehead atoms. The first-order valence-electron chi connectivity index (χ1n) is 9.02. The zero-order chi connectivity index (χ0) is 19.4. The minimum Gasteiger partial charge on any atom is -0.459 e. The topological polar surface area (TPSA) is 57.0 Å². The first kappa shape index (κ1) is 19.1. The van der Waals surface area contributed by atoms with E-state index in [1.165, 1.54) is 18.4 Å². The fourth-order valence-corrected chi connectivity index (χ4v) is 3.20. The maximum absolute atomic E-state index is 13.3. The van der Waals surface area contributed by atoms with E-state index in [2.05, 4.69) is 0 Å². The highest BCUT2D eigenvalue weighted by molar-refractivity contribution is 5.91. The number of nitrogens with zero attached hydrogens (tertiary/aromatic N) is 3. The van der Waals surface area contributed by atoms with Crippen LogP contribution in [0.5, 0.6) is 0 Å². The Morgan fingerprint density at radius 1 is 1.15 bits per heavy atom. The van der Waals surface area contributed by atoms with Gasteiger partial charge >= 0.3 is 0 Å². The Balaban J connectivity index is 1.53. The number of rotatable bonds is 5. The molecular weight excluding hydrogens is 349 g/mol. The molecule has 0 N–H and O–H groups in total. The summed E-state index contributed by atoms with van der Waals surface area (Å²) in [5.74, 6) is -0.0995. The molecule has 144 valence electrons. The Morgan fingerprint density at radius 3 is 2.48 bits per heavy atom. The molecule has 1 atom stereocenters. The molecule has 1 aromatic carbocycles. The molecule has 0 aliphatic carbocycles. The van der Waals surface area contributed by atoms with E-state index in [1.807, 2.05) is 24.9 Å². The van der Waals surface area contributed by atoms with E-state index in [4.69, 9.17) is 4.42 Å². The maximum Gasteiger partial charge on any atom is 0.289 e. The third kappa shape index (κ3) is 4.54. The van der Waals surface area contributed by atoms with Gasteiger partial charge in [-0.15, -0.1) is 0 Å². The monoisotopic (exact) mass is 373 g/mol. The van der Waals surface area contributed by atoms with Gasteiger partial charge in [0.15, 0.2) is 5.76 Å². The standard InChI is InChI=1S/C20H24FN3O3/c1-15(22(2)14-16-5-3-6-17(21)13-16)19(25)23-8-10-24(11-9-23)20(26)18-7-4-12-27-18/h3-7,12-13,15H,8-11,14H2,1-2H3/t15-/m1/s1. The van der Waals surface area contributed by atoms with Crippen molar-refractivity contribution in [1.82, 2.24) is 14.7 Å². The lowest BCUT2D eigenvalue weighted by Gasteiger charge is -2.37. The molecule has 7 heteroatoms. The van der Waals surface area contributed by atoms with Gasteiger partial charge in [0, 0.05) is 32.7 Å². The number of halogens is 1. The van der Waals surface area contributed by atoms with Crippen molar-refractivity contribution in [3.63, 3.8) is 0 Å². The molecule has 6 nitrogen and oxygen atoms in total. The highest BCUT2D eigenvalue weighted by atomic mass is 19.1. The third-order valence-corrected chi connectivity index (χ3v) is 4.95. The van der Waals surface area contributed by atoms with Crippen LogP contribution < -0.4 is 0 Å². The van der Waals surface area contributed by atoms with Crippen LogP contribution in [0.3, 0.4) is 0 Å². The zero-order valence-electron chi connectivity index (χ0n) is 15.6. The molecule has 2 amide bonds. The number of hydrogen-bond donors (Lipinski definition) is 0. The molecule has 3 rings (SSSR count). The lowest BCUT2D eigenvalue weighted by Crippen LogP contribution is -2.54. The molecule has 0 radical (unpaired) electrons. The van der Waals surface area contributed by atoms with E-state index >= 15 is 0 Å². The SMILES string of the molecule is C[C@H](C(=O)N1CCN(C(=O)c2ccco2)CC1)N(C)Cc1cccc(F)c1. The fourth-order valence-electron chi connectivity index (χ4n) is 3.20. The minimum absolute atomic E-state index is 0.0130. The van der Waals surface area contributed by atoms with Gasteiger partial charge in [0.25, 0.3) is 5.91 Å². The summed E-state index contributed by atoms with van der Waals surface area (Å²) in [7, 11) is 1.85. The van der Waals surface area contributed by atoms with E-state index in [9.17, 15) is 14.0 Å². The van der Waals surface area contributed by atoms with Crippen LogP contribution in [0.4, 0.5) is 4.39 Å². The van der Waals surface area contributed by atoms with Crippen LogP contribution in [0.15, 0.2) is 47.1 Å². The van der Waals surface area contributed by atoms with Crippen molar-refractivity contribution < 1.29 is 18.4 Å². The fraction of sp³-hybridized carbons (Fsp3) is 0.400. The molecule has 2 heterocycles. The Hall–Kier alpha value is -2.67. The van der Waals surface area contributed by atoms with E-state index in [0.717, 1.165) is 5.56 Å². The van der Waals surface area contributed by atoms with Crippen molar-refractivity contribution in [3.8, 4) is 0 Å². The highest BCUT2D eigenvalue weighted by Gasteiger charge is 2.29. The molecule has 0 saturated carbocycles. The predicted octanol–water partition coefficient (Wildman–Crippen LogP) is 2.22. The van der Waals surface area contributed by atoms with Crippen LogP contribution in [0.25, 0.3) is 0 Å². The molecule has 1 saturated heterocycles. The van der Waals surface area contributed by atoms with E-state index in [1.54, 1.807) is 28.0 Å². The summed E-state index contributed by atoms with van der Waals surface area (Å²) in [6.45, 7) is 4.27. The number of carbonyl (C=O) groups is 2. The van der Waals surface area contributed by atoms with Crippen LogP contribution in [0.2, 0.25) is 0 Å². The number of furan rings is 1. The normalized spacial score (nSPS) is 15.9. The Kier molecular flexibility index (Phi) is 5.91. The largest absolute Gasteiger partial charge is 0.459 e. The van der Waals surface area contributed by atoms with Gasteiger partial charge in [-0.05, 0) is 43.8 Å². The van der Waals surface area contributed by atoms with E-state index in [-0.39, 0.29) is 23.7 Å². The van der Waals surface area contributed by atoms with Gasteiger partial charge < -0.3 is 14.2 Å². The maximum atomic E-state index is 13.3. The summed E-state index contributed by atoms with van der Waals surface area (Å²) in [6.07, 6.45) is 1.48. The zero-order valence-corrected chi connectivity index (χ0v) is 15.6. The molecule has 1 aliphatic heterocycles. The first-order chi connectivity index (χ1) is 13.0. The quantitative estimate of drug-likeness (QED) is 0.807. The summed E-state index contributed by atoms with van der Waals surface area (Å²) in [5.41, 5.74) is 0.825. The second kappa shape index (κ2) is 8.35. The molecule has 2 aromatic rings. The Morgan fingerprint density at radius 2 is 1.85 bits per heavy atom. The number of benzene rings is 1. The first-order valence-corrected chi connectivity index (χ1v) is 9.02. The number of piperazine rings is 1. The molecule has 1 fully saturated rings. The van der Waals surface area contributed by atoms with Crippen molar-refractivity contribution in [2.24, 2.45) is 0 Å². The van der Waals surface area contributed by atoms with Crippen LogP contribution in [0.1, 0.15) is 23.0 Å². The Labute approximate surface area is 158 Å². The van der Waals surface area contributed by atoms with Crippen LogP contribution in [-0.4, -0.2) is 65.8 Å². The van der Waals surface area contributed by atoms with E-state index in [0.29, 0.717) is 38.5 Å². The molecule has 1 aromatic heterocycles. The lowest BCUT2D eigenvalue weighted by molar-refractivity contribution is -0.137. The summed E-state index contributed by atoms with van der Waals surface area (Å²) in [6, 6.07) is 9.39. The summed E-state index contributed by atoms with van der Waals surface area (Å²) < 4.78 is 18.5. The smallest absolute Gasteiger partial charge is 0.289 e. The van der Waals surface area contributed by atoms with Crippen LogP contribution >= 0.6 is 0 Å². The summed E-state index contributed by atoms with van der Waals surface area (Å²) in [4.78, 5) is 30.5. The number of likely N-dealkylation sites (N-methyl/N-ethyl adjacent to an activating group) is 1. The van der Waals surface area contributed by atoms with Gasteiger partial charge in [-0.3, -0.25) is 14.5 Å². The molecule has 0 spiro atoms. The summed E-state index contributed by atoms with van der Waals surface area (Å²) in [5, 5.41) is 0. The lowest BCUT2D eigenvalue weighted by atomic mass is 10.1. The predicted molar refractivity (Wildman–Crippen MR) is 98.5 cm³/mol. The second-order valence-electron chi connectivity index (χ2n) is 6.82. The van der Waals surface area contributed by atoms with Gasteiger partial charge in [0.2, 0.25) is 5.91 Å². The van der Waals surface area contributed by atoms with Crippen molar-refractivity contribution in [2.45, 2.75) is 19.5 Å². The van der Waals surface area contributed by atoms with Crippen LogP contribution in [0, 0.1) is 5.82 Å². The van der Waals surface area contributed by atoms with Gasteiger partial charge in [0.1, 0.15) is 5.82 Å². The van der Waals surface area contributed by atoms with Gasteiger partial charge in [0.05, 0.1) is 12.3 Å². The van der Waals surface area contributed by atoms with Gasteiger partial charge in [-0.2, -0.15) is 0 Å². The average Bonchev–Trinajstić information content (AvgIpc) is 3.21. The number of hydrogen-bond acceptors (Lipinski definition) is 4. The van der Waals surface area contributed by atoms with Gasteiger partial charge in [-0.25, -0.2) is 4.39 Å². The second-order valence-corrected chi connectivity index (χ2v) is 6.82. The molecule has 0 unspecified atom stereocenters. The average molecular weight is 373 g/mol. The highest BCUT2D eigenvalue weighted by Crippen LogP contribution is 2.13. The minimum atomic E-state index is -0.333. The summed E-state index contributed by atoms with van der Waals surface area (Å²) >= 11 is 0. The number of carbonyl (C=O) groups excluding carboxylic acids is 2. The van der Waals surface area contributed by atoms with Gasteiger partial charge in [-0.1, -0.05) is 12.1 Å². The molecular formula is C20H24FN3O3. The van der Waals surface area contributed by atoms with Crippen molar-refractivity contribution in [3.05, 3.63) is 59.8 Å². The van der Waals surface area contributed by atoms with Crippen LogP contribution in [-0.2, 0) is 11.3 Å². The van der Waals surface area contributed by atoms with Crippen molar-refractivity contribution >= 4 is 11.8 Å². The van der Waals surface area contributed by atoms with Crippen molar-refractivity contribution in [1.29, 1.82) is 0 Å². The molecule has 1 aliphatic rings. The van der Waals surface area contributed by atoms with E-state index < -0.39 is 0 Å².